The van der Waals surface area contributed by atoms with Crippen LogP contribution in [0.3, 0.4) is 0 Å². The molecule has 1 amide bonds. The molecule has 0 aliphatic carbocycles. The lowest BCUT2D eigenvalue weighted by atomic mass is 10.0. The Morgan fingerprint density at radius 1 is 1.28 bits per heavy atom. The van der Waals surface area contributed by atoms with E-state index < -0.39 is 12.1 Å². The first kappa shape index (κ1) is 22.4. The van der Waals surface area contributed by atoms with Crippen LogP contribution in [0.2, 0.25) is 0 Å². The van der Waals surface area contributed by atoms with Crippen LogP contribution in [0, 0.1) is 0 Å². The van der Waals surface area contributed by atoms with Crippen LogP contribution in [0.1, 0.15) is 22.3 Å². The minimum absolute atomic E-state index is 0.250. The summed E-state index contributed by atoms with van der Waals surface area (Å²) in [5, 5.41) is 9.43. The molecule has 1 aromatic carbocycles. The number of morpholine rings is 1. The third kappa shape index (κ3) is 5.93. The summed E-state index contributed by atoms with van der Waals surface area (Å²) >= 11 is 0. The van der Waals surface area contributed by atoms with Gasteiger partial charge in [0.1, 0.15) is 12.0 Å². The Morgan fingerprint density at radius 3 is 2.78 bits per heavy atom. The van der Waals surface area contributed by atoms with E-state index >= 15 is 0 Å². The number of nitrogens with one attached hydrogen (secondary N) is 3. The number of ether oxygens (including phenoxy) is 1. The number of nitrogens with zero attached hydrogens (tertiary/aromatic N) is 2. The van der Waals surface area contributed by atoms with E-state index in [2.05, 4.69) is 38.0 Å². The van der Waals surface area contributed by atoms with Crippen LogP contribution < -0.4 is 21.7 Å². The molecule has 2 atom stereocenters. The van der Waals surface area contributed by atoms with Gasteiger partial charge in [0.15, 0.2) is 0 Å². The van der Waals surface area contributed by atoms with Crippen molar-refractivity contribution >= 4 is 23.1 Å². The normalized spacial score (nSPS) is 21.8. The topological polar surface area (TPSA) is 105 Å². The zero-order valence-corrected chi connectivity index (χ0v) is 18.1. The number of piperidine rings is 1. The largest absolute Gasteiger partial charge is 0.379 e. The number of anilines is 3. The van der Waals surface area contributed by atoms with E-state index in [-0.39, 0.29) is 18.2 Å². The molecule has 172 valence electrons. The summed E-state index contributed by atoms with van der Waals surface area (Å²) in [5.41, 5.74) is 8.39. The van der Waals surface area contributed by atoms with Gasteiger partial charge in [-0.05, 0) is 37.1 Å². The molecule has 2 saturated heterocycles. The first-order chi connectivity index (χ1) is 15.6. The van der Waals surface area contributed by atoms with Crippen molar-refractivity contribution in [1.82, 2.24) is 15.2 Å². The van der Waals surface area contributed by atoms with E-state index in [1.165, 1.54) is 11.8 Å². The van der Waals surface area contributed by atoms with Gasteiger partial charge in [-0.2, -0.15) is 0 Å². The smallest absolute Gasteiger partial charge is 0.252 e. The van der Waals surface area contributed by atoms with Gasteiger partial charge in [-0.25, -0.2) is 9.37 Å². The number of carbonyl (C=O) groups is 1. The first-order valence-electron chi connectivity index (χ1n) is 11.2. The van der Waals surface area contributed by atoms with E-state index in [1.54, 1.807) is 6.07 Å². The predicted octanol–water partition coefficient (Wildman–Crippen LogP) is 1.91. The van der Waals surface area contributed by atoms with Crippen LogP contribution in [-0.4, -0.2) is 73.9 Å². The highest BCUT2D eigenvalue weighted by atomic mass is 19.1. The number of primary amides is 1. The van der Waals surface area contributed by atoms with Gasteiger partial charge in [-0.3, -0.25) is 9.69 Å². The van der Waals surface area contributed by atoms with E-state index in [0.29, 0.717) is 17.9 Å². The highest BCUT2D eigenvalue weighted by molar-refractivity contribution is 5.98. The number of hydrogen-bond donors (Lipinski definition) is 4. The number of rotatable bonds is 8. The van der Waals surface area contributed by atoms with Gasteiger partial charge in [0.05, 0.1) is 30.5 Å². The van der Waals surface area contributed by atoms with Crippen LogP contribution in [0.5, 0.6) is 0 Å². The van der Waals surface area contributed by atoms with Gasteiger partial charge in [-0.15, -0.1) is 0 Å². The summed E-state index contributed by atoms with van der Waals surface area (Å²) in [5.74, 6) is -0.0385. The van der Waals surface area contributed by atoms with E-state index in [4.69, 9.17) is 10.5 Å². The van der Waals surface area contributed by atoms with Crippen molar-refractivity contribution in [3.63, 3.8) is 0 Å². The third-order valence-electron chi connectivity index (χ3n) is 5.97. The van der Waals surface area contributed by atoms with Gasteiger partial charge in [-0.1, -0.05) is 12.1 Å². The average molecular weight is 443 g/mol. The fourth-order valence-electron chi connectivity index (χ4n) is 4.04. The number of pyridine rings is 1. The van der Waals surface area contributed by atoms with Gasteiger partial charge < -0.3 is 26.4 Å². The lowest BCUT2D eigenvalue weighted by Gasteiger charge is -2.29. The lowest BCUT2D eigenvalue weighted by Crippen LogP contribution is -2.45. The van der Waals surface area contributed by atoms with Gasteiger partial charge >= 0.3 is 0 Å². The molecule has 5 N–H and O–H groups in total. The Morgan fingerprint density at radius 2 is 2.06 bits per heavy atom. The number of halogens is 1. The summed E-state index contributed by atoms with van der Waals surface area (Å²) in [6.45, 7) is 5.63. The number of nitrogens with two attached hydrogens (primary N) is 1. The number of amides is 1. The standard InChI is InChI=1S/C23H31FN6O2/c24-19-15-26-7-5-20(19)29-21-13-22(27-14-18(21)23(25)31)28-17-3-1-16(2-4-17)6-8-30-9-11-32-12-10-30/h1-4,13-14,19-20,26H,5-12,15H2,(H2,25,31)(H2,27,28,29)/t19-,20+/m0/s1. The van der Waals surface area contributed by atoms with E-state index in [9.17, 15) is 9.18 Å². The van der Waals surface area contributed by atoms with Crippen molar-refractivity contribution in [2.45, 2.75) is 25.1 Å². The molecule has 2 aliphatic rings. The second-order valence-electron chi connectivity index (χ2n) is 8.26. The molecule has 0 bridgehead atoms. The fourth-order valence-corrected chi connectivity index (χ4v) is 4.04. The molecule has 0 saturated carbocycles. The summed E-state index contributed by atoms with van der Waals surface area (Å²) in [4.78, 5) is 18.6. The number of alkyl halides is 1. The molecular formula is C23H31FN6O2. The summed E-state index contributed by atoms with van der Waals surface area (Å²) < 4.78 is 19.6. The third-order valence-corrected chi connectivity index (χ3v) is 5.97. The highest BCUT2D eigenvalue weighted by Gasteiger charge is 2.25. The Hall–Kier alpha value is -2.75. The van der Waals surface area contributed by atoms with Gasteiger partial charge in [0, 0.05) is 44.1 Å². The molecule has 4 rings (SSSR count). The maximum atomic E-state index is 14.3. The number of carbonyl (C=O) groups excluding carboxylic acids is 1. The molecule has 1 aromatic heterocycles. The van der Waals surface area contributed by atoms with Crippen LogP contribution in [0.15, 0.2) is 36.5 Å². The molecule has 2 aliphatic heterocycles. The Balaban J connectivity index is 1.40. The Bertz CT molecular complexity index is 904. The van der Waals surface area contributed by atoms with E-state index in [0.717, 1.165) is 51.5 Å². The number of hydrogen-bond acceptors (Lipinski definition) is 7. The summed E-state index contributed by atoms with van der Waals surface area (Å²) in [6.07, 6.45) is 1.99. The molecule has 9 heteroatoms. The molecule has 0 radical (unpaired) electrons. The van der Waals surface area contributed by atoms with Gasteiger partial charge in [0.2, 0.25) is 0 Å². The van der Waals surface area contributed by atoms with Crippen molar-refractivity contribution in [2.24, 2.45) is 5.73 Å². The summed E-state index contributed by atoms with van der Waals surface area (Å²) in [7, 11) is 0. The maximum Gasteiger partial charge on any atom is 0.252 e. The average Bonchev–Trinajstić information content (AvgIpc) is 2.81. The number of aromatic nitrogens is 1. The minimum atomic E-state index is -1.04. The van der Waals surface area contributed by atoms with Crippen molar-refractivity contribution < 1.29 is 13.9 Å². The monoisotopic (exact) mass is 442 g/mol. The van der Waals surface area contributed by atoms with Crippen molar-refractivity contribution in [3.05, 3.63) is 47.7 Å². The Labute approximate surface area is 187 Å². The van der Waals surface area contributed by atoms with Gasteiger partial charge in [0.25, 0.3) is 5.91 Å². The molecule has 0 unspecified atom stereocenters. The van der Waals surface area contributed by atoms with Crippen LogP contribution >= 0.6 is 0 Å². The highest BCUT2D eigenvalue weighted by Crippen LogP contribution is 2.24. The molecule has 8 nitrogen and oxygen atoms in total. The number of benzene rings is 1. The van der Waals surface area contributed by atoms with Crippen molar-refractivity contribution in [2.75, 3.05) is 56.6 Å². The molecule has 2 aromatic rings. The second kappa shape index (κ2) is 10.7. The van der Waals surface area contributed by atoms with Crippen molar-refractivity contribution in [3.8, 4) is 0 Å². The molecule has 3 heterocycles. The SMILES string of the molecule is NC(=O)c1cnc(Nc2ccc(CCN3CCOCC3)cc2)cc1N[C@@H]1CCNC[C@@H]1F. The quantitative estimate of drug-likeness (QED) is 0.495. The summed E-state index contributed by atoms with van der Waals surface area (Å²) in [6, 6.07) is 9.55. The van der Waals surface area contributed by atoms with Crippen LogP contribution in [0.4, 0.5) is 21.6 Å². The van der Waals surface area contributed by atoms with E-state index in [1.807, 2.05) is 12.1 Å². The van der Waals surface area contributed by atoms with Crippen LogP contribution in [-0.2, 0) is 11.2 Å². The first-order valence-corrected chi connectivity index (χ1v) is 11.2. The fraction of sp³-hybridized carbons (Fsp3) is 0.478. The van der Waals surface area contributed by atoms with Crippen LogP contribution in [0.25, 0.3) is 0 Å². The molecule has 0 spiro atoms. The Kier molecular flexibility index (Phi) is 7.51. The zero-order chi connectivity index (χ0) is 22.3. The lowest BCUT2D eigenvalue weighted by molar-refractivity contribution is 0.0384. The molecule has 2 fully saturated rings. The molecular weight excluding hydrogens is 411 g/mol. The zero-order valence-electron chi connectivity index (χ0n) is 18.1. The minimum Gasteiger partial charge on any atom is -0.379 e. The molecule has 32 heavy (non-hydrogen) atoms. The predicted molar refractivity (Wildman–Crippen MR) is 123 cm³/mol. The second-order valence-corrected chi connectivity index (χ2v) is 8.26. The maximum absolute atomic E-state index is 14.3. The van der Waals surface area contributed by atoms with Crippen molar-refractivity contribution in [1.29, 1.82) is 0 Å².